The Morgan fingerprint density at radius 1 is 1.08 bits per heavy atom. The van der Waals surface area contributed by atoms with Gasteiger partial charge in [-0.05, 0) is 68.8 Å². The number of benzene rings is 2. The Morgan fingerprint density at radius 3 is 2.46 bits per heavy atom. The highest BCUT2D eigenvalue weighted by Gasteiger charge is 2.21. The molecule has 1 saturated heterocycles. The molecule has 1 amide bonds. The van der Waals surface area contributed by atoms with Crippen LogP contribution < -0.4 is 10.6 Å². The van der Waals surface area contributed by atoms with Crippen LogP contribution in [-0.2, 0) is 4.79 Å². The smallest absolute Gasteiger partial charge is 0.227 e. The van der Waals surface area contributed by atoms with E-state index in [9.17, 15) is 4.79 Å². The van der Waals surface area contributed by atoms with Crippen LogP contribution in [0.15, 0.2) is 58.3 Å². The minimum Gasteiger partial charge on any atom is -0.326 e. The first-order valence-electron chi connectivity index (χ1n) is 8.07. The number of anilines is 1. The number of hydrogen-bond donors (Lipinski definition) is 2. The largest absolute Gasteiger partial charge is 0.326 e. The lowest BCUT2D eigenvalue weighted by Crippen LogP contribution is -2.34. The summed E-state index contributed by atoms with van der Waals surface area (Å²) in [7, 11) is 0. The highest BCUT2D eigenvalue weighted by Crippen LogP contribution is 2.30. The molecule has 3 rings (SSSR count). The number of aryl methyl sites for hydroxylation is 1. The summed E-state index contributed by atoms with van der Waals surface area (Å²) in [6.07, 6.45) is 1.85. The standard InChI is InChI=1S/C19H22N2OS.ClH/c1-14-13-17(23-16-5-3-2-4-6-16)7-8-18(14)21-19(22)15-9-11-20-12-10-15;/h2-8,13,15,20H,9-12H2,1H3,(H,21,22);1H. The molecular formula is C19H23ClN2OS. The normalized spacial score (nSPS) is 14.7. The molecule has 5 heteroatoms. The van der Waals surface area contributed by atoms with E-state index in [0.717, 1.165) is 37.2 Å². The zero-order chi connectivity index (χ0) is 16.1. The summed E-state index contributed by atoms with van der Waals surface area (Å²) in [5, 5.41) is 6.39. The minimum absolute atomic E-state index is 0. The van der Waals surface area contributed by atoms with E-state index in [0.29, 0.717) is 0 Å². The molecule has 0 spiro atoms. The number of halogens is 1. The number of carbonyl (C=O) groups is 1. The van der Waals surface area contributed by atoms with Crippen LogP contribution in [0.25, 0.3) is 0 Å². The van der Waals surface area contributed by atoms with Crippen molar-refractivity contribution in [2.24, 2.45) is 5.92 Å². The molecule has 24 heavy (non-hydrogen) atoms. The van der Waals surface area contributed by atoms with Crippen molar-refractivity contribution in [2.75, 3.05) is 18.4 Å². The summed E-state index contributed by atoms with van der Waals surface area (Å²) in [5.41, 5.74) is 2.03. The minimum atomic E-state index is 0. The fourth-order valence-corrected chi connectivity index (χ4v) is 3.72. The number of hydrogen-bond acceptors (Lipinski definition) is 3. The van der Waals surface area contributed by atoms with Crippen LogP contribution >= 0.6 is 24.2 Å². The summed E-state index contributed by atoms with van der Waals surface area (Å²) < 4.78 is 0. The van der Waals surface area contributed by atoms with Gasteiger partial charge in [0.15, 0.2) is 0 Å². The highest BCUT2D eigenvalue weighted by molar-refractivity contribution is 7.99. The van der Waals surface area contributed by atoms with Crippen molar-refractivity contribution >= 4 is 35.8 Å². The zero-order valence-corrected chi connectivity index (χ0v) is 15.4. The van der Waals surface area contributed by atoms with E-state index < -0.39 is 0 Å². The molecular weight excluding hydrogens is 340 g/mol. The van der Waals surface area contributed by atoms with Crippen molar-refractivity contribution in [3.8, 4) is 0 Å². The third-order valence-electron chi connectivity index (χ3n) is 4.14. The molecule has 0 saturated carbocycles. The molecule has 1 fully saturated rings. The maximum Gasteiger partial charge on any atom is 0.227 e. The van der Waals surface area contributed by atoms with E-state index in [1.165, 1.54) is 9.79 Å². The Hall–Kier alpha value is -1.49. The van der Waals surface area contributed by atoms with Gasteiger partial charge in [0.1, 0.15) is 0 Å². The third kappa shape index (κ3) is 5.00. The van der Waals surface area contributed by atoms with Crippen LogP contribution in [0.5, 0.6) is 0 Å². The molecule has 2 aromatic rings. The molecule has 3 nitrogen and oxygen atoms in total. The van der Waals surface area contributed by atoms with Gasteiger partial charge in [-0.15, -0.1) is 12.4 Å². The van der Waals surface area contributed by atoms with Crippen LogP contribution in [0.2, 0.25) is 0 Å². The van der Waals surface area contributed by atoms with E-state index in [-0.39, 0.29) is 24.2 Å². The fraction of sp³-hybridized carbons (Fsp3) is 0.316. The van der Waals surface area contributed by atoms with Crippen LogP contribution in [0.1, 0.15) is 18.4 Å². The van der Waals surface area contributed by atoms with Gasteiger partial charge in [-0.1, -0.05) is 30.0 Å². The van der Waals surface area contributed by atoms with Gasteiger partial charge >= 0.3 is 0 Å². The first kappa shape index (κ1) is 18.8. The predicted molar refractivity (Wildman–Crippen MR) is 103 cm³/mol. The summed E-state index contributed by atoms with van der Waals surface area (Å²) in [6.45, 7) is 3.92. The Kier molecular flexibility index (Phi) is 7.16. The van der Waals surface area contributed by atoms with Gasteiger partial charge in [0.2, 0.25) is 5.91 Å². The second kappa shape index (κ2) is 9.11. The van der Waals surface area contributed by atoms with E-state index in [4.69, 9.17) is 0 Å². The molecule has 0 unspecified atom stereocenters. The molecule has 0 aliphatic carbocycles. The van der Waals surface area contributed by atoms with Crippen molar-refractivity contribution in [2.45, 2.75) is 29.6 Å². The van der Waals surface area contributed by atoms with Crippen molar-refractivity contribution in [3.63, 3.8) is 0 Å². The second-order valence-electron chi connectivity index (χ2n) is 5.91. The monoisotopic (exact) mass is 362 g/mol. The van der Waals surface area contributed by atoms with Crippen molar-refractivity contribution in [1.29, 1.82) is 0 Å². The maximum absolute atomic E-state index is 12.4. The molecule has 1 aliphatic heterocycles. The first-order valence-corrected chi connectivity index (χ1v) is 8.89. The summed E-state index contributed by atoms with van der Waals surface area (Å²) in [5.74, 6) is 0.284. The molecule has 2 aromatic carbocycles. The second-order valence-corrected chi connectivity index (χ2v) is 7.05. The maximum atomic E-state index is 12.4. The van der Waals surface area contributed by atoms with Gasteiger partial charge in [0.25, 0.3) is 0 Å². The molecule has 128 valence electrons. The van der Waals surface area contributed by atoms with Crippen LogP contribution in [0.3, 0.4) is 0 Å². The lowest BCUT2D eigenvalue weighted by molar-refractivity contribution is -0.120. The van der Waals surface area contributed by atoms with E-state index in [2.05, 4.69) is 34.9 Å². The number of piperidine rings is 1. The Bertz CT molecular complexity index is 672. The van der Waals surface area contributed by atoms with Gasteiger partial charge in [-0.25, -0.2) is 0 Å². The SMILES string of the molecule is Cc1cc(Sc2ccccc2)ccc1NC(=O)C1CCNCC1.Cl. The molecule has 1 aliphatic rings. The van der Waals surface area contributed by atoms with E-state index >= 15 is 0 Å². The summed E-state index contributed by atoms with van der Waals surface area (Å²) in [6, 6.07) is 16.5. The molecule has 0 bridgehead atoms. The number of rotatable bonds is 4. The third-order valence-corrected chi connectivity index (χ3v) is 5.14. The zero-order valence-electron chi connectivity index (χ0n) is 13.7. The highest BCUT2D eigenvalue weighted by atomic mass is 35.5. The van der Waals surface area contributed by atoms with Gasteiger partial charge in [0.05, 0.1) is 0 Å². The average Bonchev–Trinajstić information content (AvgIpc) is 2.59. The van der Waals surface area contributed by atoms with Gasteiger partial charge in [-0.2, -0.15) is 0 Å². The predicted octanol–water partition coefficient (Wildman–Crippen LogP) is 4.51. The number of nitrogens with one attached hydrogen (secondary N) is 2. The molecule has 1 heterocycles. The quantitative estimate of drug-likeness (QED) is 0.841. The summed E-state index contributed by atoms with van der Waals surface area (Å²) >= 11 is 1.74. The van der Waals surface area contributed by atoms with Crippen molar-refractivity contribution in [3.05, 3.63) is 54.1 Å². The molecule has 0 atom stereocenters. The molecule has 0 aromatic heterocycles. The van der Waals surface area contributed by atoms with Gasteiger partial charge < -0.3 is 10.6 Å². The topological polar surface area (TPSA) is 41.1 Å². The van der Waals surface area contributed by atoms with Crippen molar-refractivity contribution < 1.29 is 4.79 Å². The fourth-order valence-electron chi connectivity index (χ4n) is 2.78. The Labute approximate surface area is 154 Å². The first-order chi connectivity index (χ1) is 11.2. The van der Waals surface area contributed by atoms with Gasteiger partial charge in [-0.3, -0.25) is 4.79 Å². The van der Waals surface area contributed by atoms with Crippen LogP contribution in [0.4, 0.5) is 5.69 Å². The van der Waals surface area contributed by atoms with E-state index in [1.807, 2.05) is 31.2 Å². The lowest BCUT2D eigenvalue weighted by Gasteiger charge is -2.22. The molecule has 2 N–H and O–H groups in total. The number of amides is 1. The Morgan fingerprint density at radius 2 is 1.79 bits per heavy atom. The Balaban J connectivity index is 0.00000208. The van der Waals surface area contributed by atoms with Gasteiger partial charge in [0, 0.05) is 21.4 Å². The van der Waals surface area contributed by atoms with E-state index in [1.54, 1.807) is 11.8 Å². The number of carbonyl (C=O) groups excluding carboxylic acids is 1. The molecule has 0 radical (unpaired) electrons. The lowest BCUT2D eigenvalue weighted by atomic mass is 9.97. The van der Waals surface area contributed by atoms with Crippen molar-refractivity contribution in [1.82, 2.24) is 5.32 Å². The van der Waals surface area contributed by atoms with Crippen LogP contribution in [0, 0.1) is 12.8 Å². The average molecular weight is 363 g/mol. The van der Waals surface area contributed by atoms with Crippen LogP contribution in [-0.4, -0.2) is 19.0 Å². The summed E-state index contributed by atoms with van der Waals surface area (Å²) in [4.78, 5) is 14.8.